The molecule has 0 radical (unpaired) electrons. The summed E-state index contributed by atoms with van der Waals surface area (Å²) in [6.45, 7) is 0.136. The van der Waals surface area contributed by atoms with Gasteiger partial charge in [0.25, 0.3) is 0 Å². The number of halogens is 2. The summed E-state index contributed by atoms with van der Waals surface area (Å²) >= 11 is 6.08. The van der Waals surface area contributed by atoms with Crippen LogP contribution in [0, 0.1) is 5.82 Å². The monoisotopic (exact) mass is 326 g/mol. The van der Waals surface area contributed by atoms with Crippen LogP contribution in [0.2, 0.25) is 5.02 Å². The van der Waals surface area contributed by atoms with Crippen LogP contribution in [0.1, 0.15) is 11.1 Å². The molecule has 0 unspecified atom stereocenters. The molecule has 1 heterocycles. The zero-order valence-corrected chi connectivity index (χ0v) is 12.5. The fourth-order valence-corrected chi connectivity index (χ4v) is 3.64. The van der Waals surface area contributed by atoms with Crippen LogP contribution >= 0.6 is 11.6 Å². The van der Waals surface area contributed by atoms with E-state index in [1.165, 1.54) is 6.07 Å². The van der Waals surface area contributed by atoms with Crippen LogP contribution in [-0.4, -0.2) is 11.0 Å². The van der Waals surface area contributed by atoms with Gasteiger partial charge in [0.15, 0.2) is 11.5 Å². The Morgan fingerprint density at radius 1 is 1.19 bits per heavy atom. The lowest BCUT2D eigenvalue weighted by Crippen LogP contribution is -2.01. The van der Waals surface area contributed by atoms with Gasteiger partial charge in [-0.2, -0.15) is 0 Å². The number of ether oxygens (including phenoxy) is 2. The minimum Gasteiger partial charge on any atom is -0.454 e. The minimum atomic E-state index is -1.23. The summed E-state index contributed by atoms with van der Waals surface area (Å²) in [5.74, 6) is 1.18. The van der Waals surface area contributed by atoms with Crippen LogP contribution in [-0.2, 0) is 22.3 Å². The van der Waals surface area contributed by atoms with Crippen molar-refractivity contribution < 1.29 is 18.1 Å². The molecule has 0 saturated carbocycles. The van der Waals surface area contributed by atoms with Crippen molar-refractivity contribution >= 4 is 22.4 Å². The van der Waals surface area contributed by atoms with E-state index < -0.39 is 10.8 Å². The van der Waals surface area contributed by atoms with Gasteiger partial charge in [-0.05, 0) is 23.8 Å². The van der Waals surface area contributed by atoms with E-state index in [1.54, 1.807) is 30.3 Å². The minimum absolute atomic E-state index is 0.136. The van der Waals surface area contributed by atoms with E-state index in [-0.39, 0.29) is 24.1 Å². The number of fused-ring (bicyclic) bond motifs is 1. The lowest BCUT2D eigenvalue weighted by atomic mass is 10.2. The molecule has 0 aromatic heterocycles. The summed E-state index contributed by atoms with van der Waals surface area (Å²) in [5, 5.41) is 0.433. The van der Waals surface area contributed by atoms with Gasteiger partial charge in [0.2, 0.25) is 6.79 Å². The number of hydrogen-bond acceptors (Lipinski definition) is 3. The van der Waals surface area contributed by atoms with Gasteiger partial charge in [-0.3, -0.25) is 4.21 Å². The van der Waals surface area contributed by atoms with Crippen LogP contribution in [0.25, 0.3) is 0 Å². The molecule has 110 valence electrons. The molecule has 0 amide bonds. The van der Waals surface area contributed by atoms with E-state index in [0.29, 0.717) is 22.1 Å². The first-order chi connectivity index (χ1) is 10.1. The average Bonchev–Trinajstić information content (AvgIpc) is 2.90. The highest BCUT2D eigenvalue weighted by atomic mass is 35.5. The summed E-state index contributed by atoms with van der Waals surface area (Å²) in [4.78, 5) is 0. The predicted octanol–water partition coefficient (Wildman–Crippen LogP) is 3.66. The smallest absolute Gasteiger partial charge is 0.231 e. The number of benzene rings is 2. The molecule has 0 spiro atoms. The molecule has 0 aliphatic carbocycles. The van der Waals surface area contributed by atoms with Gasteiger partial charge in [0.1, 0.15) is 5.82 Å². The Balaban J connectivity index is 1.74. The first kappa shape index (κ1) is 14.4. The zero-order chi connectivity index (χ0) is 14.8. The fraction of sp³-hybridized carbons (Fsp3) is 0.200. The van der Waals surface area contributed by atoms with Gasteiger partial charge in [-0.1, -0.05) is 29.8 Å². The Hall–Kier alpha value is -1.59. The van der Waals surface area contributed by atoms with Crippen LogP contribution in [0.5, 0.6) is 11.5 Å². The first-order valence-corrected chi connectivity index (χ1v) is 8.16. The van der Waals surface area contributed by atoms with Gasteiger partial charge in [0, 0.05) is 22.1 Å². The maximum Gasteiger partial charge on any atom is 0.231 e. The van der Waals surface area contributed by atoms with Crippen LogP contribution in [0.3, 0.4) is 0 Å². The van der Waals surface area contributed by atoms with Crippen molar-refractivity contribution in [3.8, 4) is 11.5 Å². The molecule has 1 atom stereocenters. The molecule has 0 saturated heterocycles. The van der Waals surface area contributed by atoms with Crippen molar-refractivity contribution in [1.82, 2.24) is 0 Å². The van der Waals surface area contributed by atoms with E-state index in [4.69, 9.17) is 21.1 Å². The molecule has 6 heteroatoms. The third-order valence-electron chi connectivity index (χ3n) is 3.09. The average molecular weight is 327 g/mol. The molecule has 3 rings (SSSR count). The van der Waals surface area contributed by atoms with Gasteiger partial charge in [-0.15, -0.1) is 0 Å². The number of hydrogen-bond donors (Lipinski definition) is 0. The maximum absolute atomic E-state index is 13.5. The third-order valence-corrected chi connectivity index (χ3v) is 4.66. The highest BCUT2D eigenvalue weighted by Gasteiger charge is 2.19. The van der Waals surface area contributed by atoms with Crippen molar-refractivity contribution in [3.05, 3.63) is 58.4 Å². The molecule has 0 fully saturated rings. The summed E-state index contributed by atoms with van der Waals surface area (Å²) in [5.41, 5.74) is 1.22. The summed E-state index contributed by atoms with van der Waals surface area (Å²) in [6.07, 6.45) is 0. The molecular formula is C15H12ClFO3S. The summed E-state index contributed by atoms with van der Waals surface area (Å²) in [6, 6.07) is 9.80. The van der Waals surface area contributed by atoms with Gasteiger partial charge in [0.05, 0.1) is 10.8 Å². The lowest BCUT2D eigenvalue weighted by molar-refractivity contribution is 0.174. The van der Waals surface area contributed by atoms with Crippen molar-refractivity contribution in [2.45, 2.75) is 11.5 Å². The van der Waals surface area contributed by atoms with E-state index >= 15 is 0 Å². The Bertz CT molecular complexity index is 705. The molecule has 3 nitrogen and oxygen atoms in total. The Labute approximate surface area is 129 Å². The molecule has 0 bridgehead atoms. The van der Waals surface area contributed by atoms with Gasteiger partial charge < -0.3 is 9.47 Å². The largest absolute Gasteiger partial charge is 0.454 e. The van der Waals surface area contributed by atoms with E-state index in [2.05, 4.69) is 0 Å². The molecule has 1 aliphatic rings. The van der Waals surface area contributed by atoms with Gasteiger partial charge in [-0.25, -0.2) is 4.39 Å². The summed E-state index contributed by atoms with van der Waals surface area (Å²) in [7, 11) is -1.23. The highest BCUT2D eigenvalue weighted by Crippen LogP contribution is 2.40. The zero-order valence-electron chi connectivity index (χ0n) is 11.0. The third kappa shape index (κ3) is 3.19. The van der Waals surface area contributed by atoms with E-state index in [1.807, 2.05) is 0 Å². The Morgan fingerprint density at radius 3 is 2.81 bits per heavy atom. The first-order valence-electron chi connectivity index (χ1n) is 6.30. The predicted molar refractivity (Wildman–Crippen MR) is 79.5 cm³/mol. The van der Waals surface area contributed by atoms with Gasteiger partial charge >= 0.3 is 0 Å². The second kappa shape index (κ2) is 6.03. The Morgan fingerprint density at radius 2 is 2.00 bits per heavy atom. The van der Waals surface area contributed by atoms with Crippen LogP contribution < -0.4 is 9.47 Å². The second-order valence-corrected chi connectivity index (χ2v) is 6.50. The molecule has 0 N–H and O–H groups in total. The normalized spacial score (nSPS) is 14.2. The molecule has 1 aliphatic heterocycles. The fourth-order valence-electron chi connectivity index (χ4n) is 2.13. The standard InChI is InChI=1S/C15H12ClFO3S/c16-12-5-10(6-14-15(12)20-9-19-14)7-21(18)8-11-3-1-2-4-13(11)17/h1-6H,7-9H2/t21-/m0/s1. The SMILES string of the molecule is O=[S@@](Cc1cc(Cl)c2c(c1)OCO2)Cc1ccccc1F. The molecular weight excluding hydrogens is 315 g/mol. The Kier molecular flexibility index (Phi) is 4.12. The quantitative estimate of drug-likeness (QED) is 0.860. The van der Waals surface area contributed by atoms with E-state index in [9.17, 15) is 8.60 Å². The number of rotatable bonds is 4. The van der Waals surface area contributed by atoms with E-state index in [0.717, 1.165) is 5.56 Å². The van der Waals surface area contributed by atoms with Crippen LogP contribution in [0.15, 0.2) is 36.4 Å². The van der Waals surface area contributed by atoms with Crippen molar-refractivity contribution in [3.63, 3.8) is 0 Å². The summed E-state index contributed by atoms with van der Waals surface area (Å²) < 4.78 is 36.2. The van der Waals surface area contributed by atoms with Crippen molar-refractivity contribution in [2.75, 3.05) is 6.79 Å². The highest BCUT2D eigenvalue weighted by molar-refractivity contribution is 7.83. The molecule has 21 heavy (non-hydrogen) atoms. The molecule has 2 aromatic rings. The maximum atomic E-state index is 13.5. The molecule has 2 aromatic carbocycles. The van der Waals surface area contributed by atoms with Crippen LogP contribution in [0.4, 0.5) is 4.39 Å². The topological polar surface area (TPSA) is 35.5 Å². The van der Waals surface area contributed by atoms with Crippen molar-refractivity contribution in [1.29, 1.82) is 0 Å². The van der Waals surface area contributed by atoms with Crippen molar-refractivity contribution in [2.24, 2.45) is 0 Å². The lowest BCUT2D eigenvalue weighted by Gasteiger charge is -2.06. The second-order valence-electron chi connectivity index (χ2n) is 4.63.